The molecule has 1 aliphatic rings. The molecule has 1 rings (SSSR count). The van der Waals surface area contributed by atoms with Crippen molar-refractivity contribution in [2.45, 2.75) is 57.9 Å². The molecule has 0 unspecified atom stereocenters. The lowest BCUT2D eigenvalue weighted by molar-refractivity contribution is -0.137. The predicted molar refractivity (Wildman–Crippen MR) is 75.6 cm³/mol. The van der Waals surface area contributed by atoms with Gasteiger partial charge in [0.05, 0.1) is 6.54 Å². The van der Waals surface area contributed by atoms with Gasteiger partial charge in [-0.1, -0.05) is 19.3 Å². The molecule has 19 heavy (non-hydrogen) atoms. The van der Waals surface area contributed by atoms with Crippen LogP contribution in [0.15, 0.2) is 0 Å². The summed E-state index contributed by atoms with van der Waals surface area (Å²) < 4.78 is 0. The maximum absolute atomic E-state index is 12.3. The first kappa shape index (κ1) is 16.0. The van der Waals surface area contributed by atoms with Crippen LogP contribution in [0.5, 0.6) is 0 Å². The lowest BCUT2D eigenvalue weighted by atomic mass is 9.80. The van der Waals surface area contributed by atoms with Crippen LogP contribution in [-0.2, 0) is 9.59 Å². The Morgan fingerprint density at radius 3 is 2.37 bits per heavy atom. The van der Waals surface area contributed by atoms with Gasteiger partial charge in [0.25, 0.3) is 0 Å². The fraction of sp³-hybridized carbons (Fsp3) is 0.857. The van der Waals surface area contributed by atoms with Gasteiger partial charge in [0, 0.05) is 25.0 Å². The van der Waals surface area contributed by atoms with Crippen LogP contribution in [0.3, 0.4) is 0 Å². The van der Waals surface area contributed by atoms with Crippen LogP contribution in [0.2, 0.25) is 0 Å². The zero-order valence-electron chi connectivity index (χ0n) is 12.2. The Morgan fingerprint density at radius 2 is 1.84 bits per heavy atom. The molecule has 5 nitrogen and oxygen atoms in total. The van der Waals surface area contributed by atoms with Gasteiger partial charge in [-0.2, -0.15) is 0 Å². The van der Waals surface area contributed by atoms with E-state index in [9.17, 15) is 9.59 Å². The SMILES string of the molecule is CCNC(=O)CN(CC)C(=O)CC1(N)CCCCC1. The van der Waals surface area contributed by atoms with E-state index >= 15 is 0 Å². The summed E-state index contributed by atoms with van der Waals surface area (Å²) in [6.07, 6.45) is 5.61. The zero-order chi connectivity index (χ0) is 14.3. The van der Waals surface area contributed by atoms with Crippen LogP contribution >= 0.6 is 0 Å². The maximum atomic E-state index is 12.3. The molecule has 0 aromatic carbocycles. The molecule has 0 heterocycles. The minimum absolute atomic E-state index is 0.00171. The largest absolute Gasteiger partial charge is 0.355 e. The van der Waals surface area contributed by atoms with E-state index in [4.69, 9.17) is 5.73 Å². The topological polar surface area (TPSA) is 75.4 Å². The van der Waals surface area contributed by atoms with Gasteiger partial charge in [-0.25, -0.2) is 0 Å². The molecule has 1 fully saturated rings. The number of amides is 2. The Hall–Kier alpha value is -1.10. The Bertz CT molecular complexity index is 312. The molecule has 110 valence electrons. The fourth-order valence-electron chi connectivity index (χ4n) is 2.65. The predicted octanol–water partition coefficient (Wildman–Crippen LogP) is 1.02. The van der Waals surface area contributed by atoms with Crippen LogP contribution in [0.4, 0.5) is 0 Å². The zero-order valence-corrected chi connectivity index (χ0v) is 12.2. The highest BCUT2D eigenvalue weighted by atomic mass is 16.2. The molecule has 0 radical (unpaired) electrons. The van der Waals surface area contributed by atoms with E-state index < -0.39 is 0 Å². The molecule has 0 aromatic rings. The van der Waals surface area contributed by atoms with E-state index in [1.54, 1.807) is 4.90 Å². The third-order valence-electron chi connectivity index (χ3n) is 3.80. The molecule has 0 aliphatic heterocycles. The van der Waals surface area contributed by atoms with Crippen molar-refractivity contribution in [3.05, 3.63) is 0 Å². The first-order valence-electron chi connectivity index (χ1n) is 7.34. The summed E-state index contributed by atoms with van der Waals surface area (Å²) >= 11 is 0. The molecule has 3 N–H and O–H groups in total. The Labute approximate surface area is 115 Å². The van der Waals surface area contributed by atoms with Gasteiger partial charge in [-0.3, -0.25) is 9.59 Å². The Kier molecular flexibility index (Phi) is 6.28. The summed E-state index contributed by atoms with van der Waals surface area (Å²) in [6, 6.07) is 0. The summed E-state index contributed by atoms with van der Waals surface area (Å²) in [7, 11) is 0. The first-order chi connectivity index (χ1) is 9.00. The molecule has 0 bridgehead atoms. The van der Waals surface area contributed by atoms with E-state index in [1.165, 1.54) is 6.42 Å². The van der Waals surface area contributed by atoms with Gasteiger partial charge in [-0.05, 0) is 26.7 Å². The number of carbonyl (C=O) groups excluding carboxylic acids is 2. The number of nitrogens with one attached hydrogen (secondary N) is 1. The summed E-state index contributed by atoms with van der Waals surface area (Å²) in [6.45, 7) is 5.03. The van der Waals surface area contributed by atoms with E-state index in [0.29, 0.717) is 19.5 Å². The van der Waals surface area contributed by atoms with E-state index in [0.717, 1.165) is 25.7 Å². The molecule has 0 saturated heterocycles. The normalized spacial score (nSPS) is 17.8. The second-order valence-electron chi connectivity index (χ2n) is 5.46. The quantitative estimate of drug-likeness (QED) is 0.756. The number of hydrogen-bond donors (Lipinski definition) is 2. The second-order valence-corrected chi connectivity index (χ2v) is 5.46. The smallest absolute Gasteiger partial charge is 0.239 e. The van der Waals surface area contributed by atoms with Gasteiger partial charge < -0.3 is 16.0 Å². The number of rotatable bonds is 6. The molecule has 0 spiro atoms. The highest BCUT2D eigenvalue weighted by Gasteiger charge is 2.31. The van der Waals surface area contributed by atoms with Crippen molar-refractivity contribution in [2.24, 2.45) is 5.73 Å². The molecule has 0 atom stereocenters. The number of hydrogen-bond acceptors (Lipinski definition) is 3. The highest BCUT2D eigenvalue weighted by molar-refractivity contribution is 5.85. The third kappa shape index (κ3) is 5.19. The fourth-order valence-corrected chi connectivity index (χ4v) is 2.65. The molecular formula is C14H27N3O2. The van der Waals surface area contributed by atoms with Crippen LogP contribution in [-0.4, -0.2) is 41.9 Å². The lowest BCUT2D eigenvalue weighted by Gasteiger charge is -2.34. The van der Waals surface area contributed by atoms with E-state index in [1.807, 2.05) is 13.8 Å². The molecular weight excluding hydrogens is 242 g/mol. The Balaban J connectivity index is 2.51. The number of carbonyl (C=O) groups is 2. The number of nitrogens with two attached hydrogens (primary N) is 1. The second kappa shape index (κ2) is 7.48. The molecule has 5 heteroatoms. The molecule has 2 amide bonds. The monoisotopic (exact) mass is 269 g/mol. The van der Waals surface area contributed by atoms with Crippen molar-refractivity contribution in [1.82, 2.24) is 10.2 Å². The van der Waals surface area contributed by atoms with Gasteiger partial charge in [-0.15, -0.1) is 0 Å². The summed E-state index contributed by atoms with van der Waals surface area (Å²) in [4.78, 5) is 25.4. The van der Waals surface area contributed by atoms with Crippen molar-refractivity contribution >= 4 is 11.8 Å². The summed E-state index contributed by atoms with van der Waals surface area (Å²) in [5, 5.41) is 2.71. The van der Waals surface area contributed by atoms with Gasteiger partial charge in [0.15, 0.2) is 0 Å². The lowest BCUT2D eigenvalue weighted by Crippen LogP contribution is -2.48. The average molecular weight is 269 g/mol. The molecule has 0 aromatic heterocycles. The van der Waals surface area contributed by atoms with Crippen molar-refractivity contribution in [2.75, 3.05) is 19.6 Å². The number of nitrogens with zero attached hydrogens (tertiary/aromatic N) is 1. The minimum atomic E-state index is -0.357. The maximum Gasteiger partial charge on any atom is 0.239 e. The first-order valence-corrected chi connectivity index (χ1v) is 7.34. The van der Waals surface area contributed by atoms with E-state index in [-0.39, 0.29) is 23.9 Å². The number of likely N-dealkylation sites (N-methyl/N-ethyl adjacent to an activating group) is 2. The van der Waals surface area contributed by atoms with Crippen molar-refractivity contribution < 1.29 is 9.59 Å². The standard InChI is InChI=1S/C14H27N3O2/c1-3-16-12(18)11-17(4-2)13(19)10-14(15)8-6-5-7-9-14/h3-11,15H2,1-2H3,(H,16,18). The average Bonchev–Trinajstić information content (AvgIpc) is 2.36. The van der Waals surface area contributed by atoms with Crippen LogP contribution in [0.1, 0.15) is 52.4 Å². The van der Waals surface area contributed by atoms with Gasteiger partial charge in [0.2, 0.25) is 11.8 Å². The van der Waals surface area contributed by atoms with Crippen LogP contribution in [0, 0.1) is 0 Å². The minimum Gasteiger partial charge on any atom is -0.355 e. The van der Waals surface area contributed by atoms with Crippen molar-refractivity contribution in [3.63, 3.8) is 0 Å². The summed E-state index contributed by atoms with van der Waals surface area (Å²) in [5.74, 6) is -0.106. The molecule has 1 saturated carbocycles. The van der Waals surface area contributed by atoms with Crippen LogP contribution < -0.4 is 11.1 Å². The van der Waals surface area contributed by atoms with Gasteiger partial charge in [0.1, 0.15) is 0 Å². The third-order valence-corrected chi connectivity index (χ3v) is 3.80. The van der Waals surface area contributed by atoms with Crippen molar-refractivity contribution in [3.8, 4) is 0 Å². The highest BCUT2D eigenvalue weighted by Crippen LogP contribution is 2.29. The van der Waals surface area contributed by atoms with Gasteiger partial charge >= 0.3 is 0 Å². The van der Waals surface area contributed by atoms with Crippen LogP contribution in [0.25, 0.3) is 0 Å². The molecule has 1 aliphatic carbocycles. The van der Waals surface area contributed by atoms with Crippen molar-refractivity contribution in [1.29, 1.82) is 0 Å². The Morgan fingerprint density at radius 1 is 1.21 bits per heavy atom. The van der Waals surface area contributed by atoms with E-state index in [2.05, 4.69) is 5.32 Å². The summed E-state index contributed by atoms with van der Waals surface area (Å²) in [5.41, 5.74) is 5.94.